The Kier molecular flexibility index (Phi) is 6.09. The predicted octanol–water partition coefficient (Wildman–Crippen LogP) is 4.41. The first kappa shape index (κ1) is 19.1. The highest BCUT2D eigenvalue weighted by Gasteiger charge is 2.23. The largest absolute Gasteiger partial charge is 0.380 e. The number of rotatable bonds is 6. The van der Waals surface area contributed by atoms with Crippen LogP contribution in [0.4, 0.5) is 5.69 Å². The molecule has 0 aliphatic heterocycles. The van der Waals surface area contributed by atoms with Crippen molar-refractivity contribution in [1.29, 1.82) is 0 Å². The average molecular weight is 375 g/mol. The van der Waals surface area contributed by atoms with E-state index >= 15 is 0 Å². The molecule has 2 aromatic rings. The number of ketones is 1. The maximum Gasteiger partial charge on any atom is 0.163 e. The Bertz CT molecular complexity index is 785. The van der Waals surface area contributed by atoms with Crippen LogP contribution in [0.3, 0.4) is 0 Å². The zero-order valence-corrected chi connectivity index (χ0v) is 16.5. The van der Waals surface area contributed by atoms with Gasteiger partial charge in [-0.2, -0.15) is 0 Å². The number of anilines is 1. The van der Waals surface area contributed by atoms with Crippen molar-refractivity contribution < 1.29 is 4.79 Å². The van der Waals surface area contributed by atoms with E-state index in [9.17, 15) is 4.79 Å². The molecule has 6 heteroatoms. The first-order valence-corrected chi connectivity index (χ1v) is 9.69. The first-order valence-electron chi connectivity index (χ1n) is 9.31. The number of nitrogens with zero attached hydrogens (tertiary/aromatic N) is 3. The number of pyridine rings is 2. The fourth-order valence-electron chi connectivity index (χ4n) is 3.70. The predicted molar refractivity (Wildman–Crippen MR) is 107 cm³/mol. The van der Waals surface area contributed by atoms with Gasteiger partial charge in [0.2, 0.25) is 0 Å². The number of hydrogen-bond acceptors (Lipinski definition) is 5. The molecular weight excluding hydrogens is 348 g/mol. The molecule has 0 saturated heterocycles. The van der Waals surface area contributed by atoms with Gasteiger partial charge in [-0.05, 0) is 77.7 Å². The molecule has 1 aliphatic rings. The summed E-state index contributed by atoms with van der Waals surface area (Å²) in [6.45, 7) is 2.71. The lowest BCUT2D eigenvalue weighted by Gasteiger charge is -2.31. The molecule has 26 heavy (non-hydrogen) atoms. The number of Topliss-reactive ketones (excluding diaryl/α,β-unsaturated/α-hetero) is 1. The third kappa shape index (κ3) is 4.51. The van der Waals surface area contributed by atoms with Crippen LogP contribution in [-0.2, 0) is 0 Å². The fourth-order valence-corrected chi connectivity index (χ4v) is 3.84. The van der Waals surface area contributed by atoms with Gasteiger partial charge < -0.3 is 10.2 Å². The lowest BCUT2D eigenvalue weighted by atomic mass is 9.84. The van der Waals surface area contributed by atoms with Gasteiger partial charge in [-0.25, -0.2) is 4.98 Å². The van der Waals surface area contributed by atoms with Crippen LogP contribution in [0.5, 0.6) is 0 Å². The number of fused-ring (bicyclic) bond motifs is 1. The van der Waals surface area contributed by atoms with Crippen molar-refractivity contribution in [2.24, 2.45) is 5.92 Å². The minimum absolute atomic E-state index is 0.0108. The smallest absolute Gasteiger partial charge is 0.163 e. The van der Waals surface area contributed by atoms with E-state index in [4.69, 9.17) is 11.6 Å². The Balaban J connectivity index is 1.77. The molecule has 0 amide bonds. The Morgan fingerprint density at radius 1 is 1.27 bits per heavy atom. The van der Waals surface area contributed by atoms with Crippen LogP contribution in [0.1, 0.15) is 49.4 Å². The summed E-state index contributed by atoms with van der Waals surface area (Å²) in [5.41, 5.74) is 2.80. The highest BCUT2D eigenvalue weighted by molar-refractivity contribution is 6.30. The Morgan fingerprint density at radius 3 is 2.65 bits per heavy atom. The number of hydrogen-bond donors (Lipinski definition) is 1. The SMILES string of the molecule is CC(=O)c1cnc2ccc(Cl)nc2c1NC1CCC(CCN(C)C)CC1. The number of aromatic nitrogens is 2. The molecule has 1 N–H and O–H groups in total. The molecule has 0 bridgehead atoms. The third-order valence-corrected chi connectivity index (χ3v) is 5.45. The standard InChI is InChI=1S/C20H27ClN4O/c1-13(26)16-12-22-17-8-9-18(21)24-20(17)19(16)23-15-6-4-14(5-7-15)10-11-25(2)3/h8-9,12,14-15H,4-7,10-11H2,1-3H3,(H,22,23). The van der Waals surface area contributed by atoms with Crippen molar-refractivity contribution in [1.82, 2.24) is 14.9 Å². The van der Waals surface area contributed by atoms with E-state index in [-0.39, 0.29) is 5.78 Å². The van der Waals surface area contributed by atoms with Gasteiger partial charge in [-0.15, -0.1) is 0 Å². The Labute approximate surface area is 160 Å². The summed E-state index contributed by atoms with van der Waals surface area (Å²) in [5.74, 6) is 0.785. The molecular formula is C20H27ClN4O. The molecule has 140 valence electrons. The second kappa shape index (κ2) is 8.31. The van der Waals surface area contributed by atoms with Crippen molar-refractivity contribution in [3.63, 3.8) is 0 Å². The van der Waals surface area contributed by atoms with Gasteiger partial charge in [0.05, 0.1) is 16.8 Å². The van der Waals surface area contributed by atoms with Gasteiger partial charge in [0.25, 0.3) is 0 Å². The summed E-state index contributed by atoms with van der Waals surface area (Å²) in [6.07, 6.45) is 7.56. The molecule has 0 radical (unpaired) electrons. The fraction of sp³-hybridized carbons (Fsp3) is 0.550. The number of halogens is 1. The minimum Gasteiger partial charge on any atom is -0.380 e. The second-order valence-electron chi connectivity index (χ2n) is 7.56. The molecule has 1 aliphatic carbocycles. The van der Waals surface area contributed by atoms with E-state index < -0.39 is 0 Å². The maximum atomic E-state index is 12.1. The maximum absolute atomic E-state index is 12.1. The Hall–Kier alpha value is -1.72. The summed E-state index contributed by atoms with van der Waals surface area (Å²) in [4.78, 5) is 23.1. The number of nitrogens with one attached hydrogen (secondary N) is 1. The highest BCUT2D eigenvalue weighted by atomic mass is 35.5. The summed E-state index contributed by atoms with van der Waals surface area (Å²) >= 11 is 6.09. The van der Waals surface area contributed by atoms with Crippen molar-refractivity contribution in [3.8, 4) is 0 Å². The molecule has 3 rings (SSSR count). The summed E-state index contributed by atoms with van der Waals surface area (Å²) in [5, 5.41) is 4.01. The quantitative estimate of drug-likeness (QED) is 0.599. The first-order chi connectivity index (χ1) is 12.4. The molecule has 0 unspecified atom stereocenters. The molecule has 0 atom stereocenters. The van der Waals surface area contributed by atoms with E-state index in [1.54, 1.807) is 19.2 Å². The molecule has 1 fully saturated rings. The van der Waals surface area contributed by atoms with E-state index in [0.29, 0.717) is 22.3 Å². The number of carbonyl (C=O) groups is 1. The monoisotopic (exact) mass is 374 g/mol. The van der Waals surface area contributed by atoms with Crippen LogP contribution in [0.25, 0.3) is 11.0 Å². The second-order valence-corrected chi connectivity index (χ2v) is 7.95. The molecule has 1 saturated carbocycles. The van der Waals surface area contributed by atoms with Crippen molar-refractivity contribution in [2.45, 2.75) is 45.1 Å². The van der Waals surface area contributed by atoms with Crippen molar-refractivity contribution >= 4 is 34.1 Å². The molecule has 0 spiro atoms. The summed E-state index contributed by atoms with van der Waals surface area (Å²) in [7, 11) is 4.26. The van der Waals surface area contributed by atoms with Crippen LogP contribution in [-0.4, -0.2) is 47.3 Å². The average Bonchev–Trinajstić information content (AvgIpc) is 2.61. The zero-order chi connectivity index (χ0) is 18.7. The third-order valence-electron chi connectivity index (χ3n) is 5.24. The van der Waals surface area contributed by atoms with Crippen LogP contribution >= 0.6 is 11.6 Å². The van der Waals surface area contributed by atoms with Gasteiger partial charge >= 0.3 is 0 Å². The van der Waals surface area contributed by atoms with E-state index in [0.717, 1.165) is 36.5 Å². The van der Waals surface area contributed by atoms with Crippen LogP contribution in [0.2, 0.25) is 5.15 Å². The van der Waals surface area contributed by atoms with E-state index in [1.807, 2.05) is 6.07 Å². The molecule has 0 aromatic carbocycles. The highest BCUT2D eigenvalue weighted by Crippen LogP contribution is 2.32. The van der Waals surface area contributed by atoms with Gasteiger partial charge in [0.1, 0.15) is 10.7 Å². The zero-order valence-electron chi connectivity index (χ0n) is 15.8. The van der Waals surface area contributed by atoms with Crippen molar-refractivity contribution in [2.75, 3.05) is 26.0 Å². The number of carbonyl (C=O) groups excluding carboxylic acids is 1. The van der Waals surface area contributed by atoms with Crippen LogP contribution < -0.4 is 5.32 Å². The van der Waals surface area contributed by atoms with Gasteiger partial charge in [-0.1, -0.05) is 11.6 Å². The van der Waals surface area contributed by atoms with Crippen molar-refractivity contribution in [3.05, 3.63) is 29.0 Å². The lowest BCUT2D eigenvalue weighted by molar-refractivity contribution is 0.101. The molecule has 5 nitrogen and oxygen atoms in total. The van der Waals surface area contributed by atoms with E-state index in [2.05, 4.69) is 34.3 Å². The summed E-state index contributed by atoms with van der Waals surface area (Å²) in [6, 6.07) is 3.93. The van der Waals surface area contributed by atoms with Gasteiger partial charge in [0, 0.05) is 12.2 Å². The topological polar surface area (TPSA) is 58.1 Å². The molecule has 2 heterocycles. The summed E-state index contributed by atoms with van der Waals surface area (Å²) < 4.78 is 0. The van der Waals surface area contributed by atoms with Gasteiger partial charge in [-0.3, -0.25) is 9.78 Å². The molecule has 2 aromatic heterocycles. The van der Waals surface area contributed by atoms with Gasteiger partial charge in [0.15, 0.2) is 5.78 Å². The minimum atomic E-state index is -0.0108. The normalized spacial score (nSPS) is 20.5. The van der Waals surface area contributed by atoms with E-state index in [1.165, 1.54) is 19.3 Å². The van der Waals surface area contributed by atoms with Crippen LogP contribution in [0.15, 0.2) is 18.3 Å². The Morgan fingerprint density at radius 2 is 2.00 bits per heavy atom. The lowest BCUT2D eigenvalue weighted by Crippen LogP contribution is -2.28. The van der Waals surface area contributed by atoms with Crippen LogP contribution in [0, 0.1) is 5.92 Å².